The largest absolute Gasteiger partial charge is 0.507 e. The predicted molar refractivity (Wildman–Crippen MR) is 80.3 cm³/mol. The Labute approximate surface area is 125 Å². The van der Waals surface area contributed by atoms with Gasteiger partial charge in [-0.1, -0.05) is 12.1 Å². The van der Waals surface area contributed by atoms with Gasteiger partial charge in [0, 0.05) is 23.3 Å². The van der Waals surface area contributed by atoms with E-state index in [2.05, 4.69) is 10.3 Å². The summed E-state index contributed by atoms with van der Waals surface area (Å²) in [7, 11) is 0. The lowest BCUT2D eigenvalue weighted by Crippen LogP contribution is -2.13. The lowest BCUT2D eigenvalue weighted by molar-refractivity contribution is -0.384. The van der Waals surface area contributed by atoms with Crippen LogP contribution in [0.5, 0.6) is 5.75 Å². The van der Waals surface area contributed by atoms with E-state index in [0.29, 0.717) is 22.5 Å². The number of phenols is 1. The Morgan fingerprint density at radius 2 is 1.95 bits per heavy atom. The number of anilines is 1. The number of benzodiazepines with no additional fused rings is 1. The van der Waals surface area contributed by atoms with Crippen LogP contribution in [0, 0.1) is 10.1 Å². The molecule has 2 aromatic rings. The summed E-state index contributed by atoms with van der Waals surface area (Å²) in [6, 6.07) is 10.6. The number of nitro benzene ring substituents is 1. The molecule has 0 aliphatic carbocycles. The molecule has 0 spiro atoms. The number of fused-ring (bicyclic) bond motifs is 1. The van der Waals surface area contributed by atoms with Crippen LogP contribution in [0.1, 0.15) is 11.1 Å². The highest BCUT2D eigenvalue weighted by Crippen LogP contribution is 2.29. The number of nitro groups is 1. The zero-order chi connectivity index (χ0) is 15.7. The van der Waals surface area contributed by atoms with Crippen molar-refractivity contribution in [3.63, 3.8) is 0 Å². The van der Waals surface area contributed by atoms with Gasteiger partial charge in [-0.25, -0.2) is 0 Å². The summed E-state index contributed by atoms with van der Waals surface area (Å²) in [6.45, 7) is -0.119. The van der Waals surface area contributed by atoms with Crippen LogP contribution in [-0.4, -0.2) is 28.2 Å². The van der Waals surface area contributed by atoms with Crippen LogP contribution in [0.25, 0.3) is 0 Å². The minimum absolute atomic E-state index is 0.00643. The van der Waals surface area contributed by atoms with Crippen molar-refractivity contribution in [1.29, 1.82) is 0 Å². The van der Waals surface area contributed by atoms with E-state index in [-0.39, 0.29) is 23.9 Å². The number of aromatic hydroxyl groups is 1. The molecular formula is C15H11N3O4. The van der Waals surface area contributed by atoms with Crippen molar-refractivity contribution < 1.29 is 14.8 Å². The number of rotatable bonds is 2. The first-order valence-electron chi connectivity index (χ1n) is 6.48. The molecule has 1 amide bonds. The summed E-state index contributed by atoms with van der Waals surface area (Å²) in [4.78, 5) is 26.4. The van der Waals surface area contributed by atoms with Crippen LogP contribution in [0.4, 0.5) is 11.4 Å². The quantitative estimate of drug-likeness (QED) is 0.654. The third-order valence-electron chi connectivity index (χ3n) is 3.28. The van der Waals surface area contributed by atoms with Crippen LogP contribution in [0.3, 0.4) is 0 Å². The van der Waals surface area contributed by atoms with Crippen molar-refractivity contribution in [1.82, 2.24) is 0 Å². The molecule has 0 atom stereocenters. The topological polar surface area (TPSA) is 105 Å². The van der Waals surface area contributed by atoms with E-state index >= 15 is 0 Å². The Kier molecular flexibility index (Phi) is 3.30. The summed E-state index contributed by atoms with van der Waals surface area (Å²) >= 11 is 0. The van der Waals surface area contributed by atoms with Gasteiger partial charge >= 0.3 is 0 Å². The monoisotopic (exact) mass is 297 g/mol. The first-order valence-corrected chi connectivity index (χ1v) is 6.48. The third-order valence-corrected chi connectivity index (χ3v) is 3.28. The molecule has 1 aliphatic rings. The Morgan fingerprint density at radius 1 is 1.18 bits per heavy atom. The van der Waals surface area contributed by atoms with Crippen LogP contribution >= 0.6 is 0 Å². The average Bonchev–Trinajstić information content (AvgIpc) is 2.65. The molecule has 22 heavy (non-hydrogen) atoms. The lowest BCUT2D eigenvalue weighted by Gasteiger charge is -2.10. The Balaban J connectivity index is 2.23. The molecule has 2 aromatic carbocycles. The summed E-state index contributed by atoms with van der Waals surface area (Å²) in [5.74, 6) is -0.325. The molecule has 0 bridgehead atoms. The molecule has 3 rings (SSSR count). The highest BCUT2D eigenvalue weighted by molar-refractivity contribution is 6.20. The molecule has 0 unspecified atom stereocenters. The SMILES string of the molecule is O=C1CN=C(c2ccccc2O)c2cc([N+](=O)[O-])ccc2N1. The van der Waals surface area contributed by atoms with Crippen molar-refractivity contribution in [2.45, 2.75) is 0 Å². The second-order valence-corrected chi connectivity index (χ2v) is 4.72. The van der Waals surface area contributed by atoms with Crippen molar-refractivity contribution >= 4 is 23.0 Å². The van der Waals surface area contributed by atoms with Crippen LogP contribution in [0.2, 0.25) is 0 Å². The normalized spacial score (nSPS) is 13.6. The van der Waals surface area contributed by atoms with Gasteiger partial charge in [-0.3, -0.25) is 19.9 Å². The van der Waals surface area contributed by atoms with Gasteiger partial charge in [-0.2, -0.15) is 0 Å². The smallest absolute Gasteiger partial charge is 0.270 e. The number of benzene rings is 2. The number of amides is 1. The number of hydrogen-bond acceptors (Lipinski definition) is 5. The molecule has 0 fully saturated rings. The van der Waals surface area contributed by atoms with Gasteiger partial charge in [0.05, 0.1) is 16.3 Å². The minimum atomic E-state index is -0.518. The molecule has 110 valence electrons. The van der Waals surface area contributed by atoms with Gasteiger partial charge in [-0.15, -0.1) is 0 Å². The van der Waals surface area contributed by atoms with Crippen molar-refractivity contribution in [3.05, 3.63) is 63.7 Å². The maximum Gasteiger partial charge on any atom is 0.270 e. The Morgan fingerprint density at radius 3 is 2.68 bits per heavy atom. The molecule has 7 heteroatoms. The highest BCUT2D eigenvalue weighted by Gasteiger charge is 2.22. The van der Waals surface area contributed by atoms with Crippen molar-refractivity contribution in [2.75, 3.05) is 11.9 Å². The van der Waals surface area contributed by atoms with Crippen LogP contribution in [0.15, 0.2) is 47.5 Å². The first kappa shape index (κ1) is 13.7. The van der Waals surface area contributed by atoms with E-state index in [9.17, 15) is 20.0 Å². The number of nitrogens with zero attached hydrogens (tertiary/aromatic N) is 2. The molecule has 0 saturated heterocycles. The van der Waals surface area contributed by atoms with Gasteiger partial charge in [0.15, 0.2) is 0 Å². The molecule has 0 aromatic heterocycles. The van der Waals surface area contributed by atoms with Gasteiger partial charge in [0.2, 0.25) is 5.91 Å². The number of aliphatic imine (C=N–C) groups is 1. The zero-order valence-corrected chi connectivity index (χ0v) is 11.3. The maximum atomic E-state index is 11.7. The molecule has 1 heterocycles. The summed E-state index contributed by atoms with van der Waals surface area (Å²) in [5.41, 5.74) is 1.48. The minimum Gasteiger partial charge on any atom is -0.507 e. The molecule has 0 radical (unpaired) electrons. The number of non-ortho nitro benzene ring substituents is 1. The fourth-order valence-electron chi connectivity index (χ4n) is 2.28. The molecule has 1 aliphatic heterocycles. The van der Waals surface area contributed by atoms with Crippen LogP contribution < -0.4 is 5.32 Å². The zero-order valence-electron chi connectivity index (χ0n) is 11.3. The molecule has 2 N–H and O–H groups in total. The van der Waals surface area contributed by atoms with Gasteiger partial charge in [0.1, 0.15) is 12.3 Å². The summed E-state index contributed by atoms with van der Waals surface area (Å²) < 4.78 is 0. The molecule has 7 nitrogen and oxygen atoms in total. The Bertz CT molecular complexity index is 814. The molecule has 0 saturated carbocycles. The number of para-hydroxylation sites is 1. The number of phenolic OH excluding ortho intramolecular Hbond substituents is 1. The van der Waals surface area contributed by atoms with E-state index in [1.165, 1.54) is 24.3 Å². The fraction of sp³-hybridized carbons (Fsp3) is 0.0667. The third kappa shape index (κ3) is 2.39. The second kappa shape index (κ2) is 5.28. The fourth-order valence-corrected chi connectivity index (χ4v) is 2.28. The number of nitrogens with one attached hydrogen (secondary N) is 1. The lowest BCUT2D eigenvalue weighted by atomic mass is 9.99. The van der Waals surface area contributed by atoms with Gasteiger partial charge in [0.25, 0.3) is 5.69 Å². The number of carbonyl (C=O) groups is 1. The molecular weight excluding hydrogens is 286 g/mol. The van der Waals surface area contributed by atoms with Crippen molar-refractivity contribution in [3.8, 4) is 5.75 Å². The number of carbonyl (C=O) groups excluding carboxylic acids is 1. The standard InChI is InChI=1S/C15H11N3O4/c19-13-4-2-1-3-10(13)15-11-7-9(18(21)22)5-6-12(11)17-14(20)8-16-15/h1-7,19H,8H2,(H,17,20). The summed E-state index contributed by atoms with van der Waals surface area (Å²) in [6.07, 6.45) is 0. The van der Waals surface area contributed by atoms with E-state index in [0.717, 1.165) is 0 Å². The first-order chi connectivity index (χ1) is 10.6. The summed E-state index contributed by atoms with van der Waals surface area (Å²) in [5, 5.41) is 23.6. The number of hydrogen-bond donors (Lipinski definition) is 2. The van der Waals surface area contributed by atoms with Crippen LogP contribution in [-0.2, 0) is 4.79 Å². The van der Waals surface area contributed by atoms with E-state index < -0.39 is 4.92 Å². The predicted octanol–water partition coefficient (Wildman–Crippen LogP) is 2.09. The highest BCUT2D eigenvalue weighted by atomic mass is 16.6. The average molecular weight is 297 g/mol. The van der Waals surface area contributed by atoms with Crippen molar-refractivity contribution in [2.24, 2.45) is 4.99 Å². The second-order valence-electron chi connectivity index (χ2n) is 4.72. The van der Waals surface area contributed by atoms with Gasteiger partial charge < -0.3 is 10.4 Å². The maximum absolute atomic E-state index is 11.7. The van der Waals surface area contributed by atoms with E-state index in [4.69, 9.17) is 0 Å². The van der Waals surface area contributed by atoms with E-state index in [1.54, 1.807) is 18.2 Å². The van der Waals surface area contributed by atoms with E-state index in [1.807, 2.05) is 0 Å². The Hall–Kier alpha value is -3.22. The van der Waals surface area contributed by atoms with Gasteiger partial charge in [-0.05, 0) is 18.2 Å².